The second-order valence-corrected chi connectivity index (χ2v) is 4.94. The van der Waals surface area contributed by atoms with Crippen LogP contribution in [0.3, 0.4) is 0 Å². The number of carbonyl (C=O) groups excluding carboxylic acids is 1. The third kappa shape index (κ3) is 2.75. The van der Waals surface area contributed by atoms with E-state index in [4.69, 9.17) is 5.11 Å². The zero-order valence-electron chi connectivity index (χ0n) is 10.9. The van der Waals surface area contributed by atoms with Crippen LogP contribution in [0.25, 0.3) is 0 Å². The van der Waals surface area contributed by atoms with Crippen LogP contribution in [0.4, 0.5) is 4.39 Å². The van der Waals surface area contributed by atoms with E-state index in [1.807, 2.05) is 0 Å². The number of rotatable bonds is 4. The van der Waals surface area contributed by atoms with E-state index >= 15 is 0 Å². The van der Waals surface area contributed by atoms with E-state index in [0.717, 1.165) is 18.4 Å². The zero-order valence-corrected chi connectivity index (χ0v) is 10.9. The number of amides is 1. The van der Waals surface area contributed by atoms with Gasteiger partial charge in [0.15, 0.2) is 0 Å². The van der Waals surface area contributed by atoms with Crippen molar-refractivity contribution in [3.63, 3.8) is 0 Å². The molecule has 1 aromatic rings. The van der Waals surface area contributed by atoms with E-state index in [1.165, 1.54) is 24.0 Å². The average Bonchev–Trinajstić information content (AvgIpc) is 3.13. The third-order valence-electron chi connectivity index (χ3n) is 3.30. The van der Waals surface area contributed by atoms with Gasteiger partial charge in [0.2, 0.25) is 0 Å². The summed E-state index contributed by atoms with van der Waals surface area (Å²) in [6.45, 7) is 3.18. The number of carbonyl (C=O) groups is 2. The molecule has 0 saturated heterocycles. The Bertz CT molecular complexity index is 525. The molecule has 1 saturated carbocycles. The quantitative estimate of drug-likeness (QED) is 0.908. The molecule has 19 heavy (non-hydrogen) atoms. The molecule has 5 heteroatoms. The molecule has 1 atom stereocenters. The Morgan fingerprint density at radius 2 is 2.05 bits per heavy atom. The Balaban J connectivity index is 2.31. The summed E-state index contributed by atoms with van der Waals surface area (Å²) >= 11 is 0. The Hall–Kier alpha value is -1.91. The van der Waals surface area contributed by atoms with Crippen LogP contribution in [0.15, 0.2) is 18.2 Å². The lowest BCUT2D eigenvalue weighted by Gasteiger charge is -2.26. The molecule has 1 amide bonds. The molecule has 0 aliphatic heterocycles. The molecule has 4 nitrogen and oxygen atoms in total. The molecule has 1 fully saturated rings. The van der Waals surface area contributed by atoms with Crippen molar-refractivity contribution >= 4 is 11.9 Å². The Kier molecular flexibility index (Phi) is 3.55. The Morgan fingerprint density at radius 1 is 1.42 bits per heavy atom. The monoisotopic (exact) mass is 265 g/mol. The summed E-state index contributed by atoms with van der Waals surface area (Å²) in [6.07, 6.45) is 1.55. The van der Waals surface area contributed by atoms with Gasteiger partial charge in [-0.25, -0.2) is 9.18 Å². The molecule has 0 radical (unpaired) electrons. The van der Waals surface area contributed by atoms with Gasteiger partial charge in [-0.2, -0.15) is 0 Å². The lowest BCUT2D eigenvalue weighted by atomic mass is 10.1. The molecular formula is C14H16FNO3. The topological polar surface area (TPSA) is 57.6 Å². The summed E-state index contributed by atoms with van der Waals surface area (Å²) in [5, 5.41) is 9.05. The van der Waals surface area contributed by atoms with Crippen LogP contribution in [0, 0.1) is 12.7 Å². The fourth-order valence-electron chi connectivity index (χ4n) is 2.06. The van der Waals surface area contributed by atoms with E-state index in [-0.39, 0.29) is 11.6 Å². The van der Waals surface area contributed by atoms with Gasteiger partial charge in [-0.15, -0.1) is 0 Å². The van der Waals surface area contributed by atoms with Gasteiger partial charge in [-0.05, 0) is 44.4 Å². The summed E-state index contributed by atoms with van der Waals surface area (Å²) < 4.78 is 13.8. The van der Waals surface area contributed by atoms with Crippen LogP contribution in [0.5, 0.6) is 0 Å². The number of hydrogen-bond acceptors (Lipinski definition) is 2. The minimum Gasteiger partial charge on any atom is -0.480 e. The lowest BCUT2D eigenvalue weighted by molar-refractivity contribution is -0.141. The molecule has 1 unspecified atom stereocenters. The van der Waals surface area contributed by atoms with Crippen molar-refractivity contribution in [3.05, 3.63) is 35.1 Å². The predicted molar refractivity (Wildman–Crippen MR) is 67.4 cm³/mol. The van der Waals surface area contributed by atoms with E-state index in [9.17, 15) is 14.0 Å². The smallest absolute Gasteiger partial charge is 0.326 e. The highest BCUT2D eigenvalue weighted by Gasteiger charge is 2.39. The molecule has 1 aliphatic carbocycles. The largest absolute Gasteiger partial charge is 0.480 e. The molecule has 0 aromatic heterocycles. The first-order chi connectivity index (χ1) is 8.91. The number of aryl methyl sites for hydroxylation is 1. The van der Waals surface area contributed by atoms with Crippen molar-refractivity contribution in [3.8, 4) is 0 Å². The normalized spacial score (nSPS) is 15.9. The highest BCUT2D eigenvalue weighted by atomic mass is 19.1. The van der Waals surface area contributed by atoms with Gasteiger partial charge in [-0.1, -0.05) is 6.07 Å². The maximum atomic E-state index is 13.8. The first kappa shape index (κ1) is 13.5. The van der Waals surface area contributed by atoms with Gasteiger partial charge in [-0.3, -0.25) is 4.79 Å². The van der Waals surface area contributed by atoms with Crippen LogP contribution < -0.4 is 0 Å². The van der Waals surface area contributed by atoms with Gasteiger partial charge >= 0.3 is 5.97 Å². The Labute approximate surface area is 110 Å². The van der Waals surface area contributed by atoms with Crippen molar-refractivity contribution in [2.75, 3.05) is 0 Å². The zero-order chi connectivity index (χ0) is 14.2. The summed E-state index contributed by atoms with van der Waals surface area (Å²) in [4.78, 5) is 24.7. The SMILES string of the molecule is Cc1ccc(C(=O)N(C2CC2)C(C)C(=O)O)c(F)c1. The number of halogens is 1. The van der Waals surface area contributed by atoms with Gasteiger partial charge in [0.25, 0.3) is 5.91 Å². The molecule has 102 valence electrons. The molecule has 0 bridgehead atoms. The molecular weight excluding hydrogens is 249 g/mol. The predicted octanol–water partition coefficient (Wildman–Crippen LogP) is 2.21. The average molecular weight is 265 g/mol. The molecule has 0 spiro atoms. The fourth-order valence-corrected chi connectivity index (χ4v) is 2.06. The van der Waals surface area contributed by atoms with Crippen LogP contribution in [0.2, 0.25) is 0 Å². The van der Waals surface area contributed by atoms with Crippen LogP contribution in [0.1, 0.15) is 35.7 Å². The summed E-state index contributed by atoms with van der Waals surface area (Å²) in [7, 11) is 0. The number of hydrogen-bond donors (Lipinski definition) is 1. The first-order valence-corrected chi connectivity index (χ1v) is 6.23. The number of benzene rings is 1. The number of carboxylic acid groups (broad SMARTS) is 1. The molecule has 2 rings (SSSR count). The van der Waals surface area contributed by atoms with Crippen molar-refractivity contribution in [1.29, 1.82) is 0 Å². The van der Waals surface area contributed by atoms with Gasteiger partial charge < -0.3 is 10.0 Å². The van der Waals surface area contributed by atoms with Crippen LogP contribution >= 0.6 is 0 Å². The highest BCUT2D eigenvalue weighted by molar-refractivity contribution is 5.97. The molecule has 1 aliphatic rings. The Morgan fingerprint density at radius 3 is 2.53 bits per heavy atom. The second kappa shape index (κ2) is 4.99. The number of nitrogens with zero attached hydrogens (tertiary/aromatic N) is 1. The highest BCUT2D eigenvalue weighted by Crippen LogP contribution is 2.30. The number of aliphatic carboxylic acids is 1. The maximum Gasteiger partial charge on any atom is 0.326 e. The minimum absolute atomic E-state index is 0.0643. The molecule has 0 heterocycles. The number of carboxylic acids is 1. The van der Waals surface area contributed by atoms with E-state index in [1.54, 1.807) is 13.0 Å². The summed E-state index contributed by atoms with van der Waals surface area (Å²) in [5.74, 6) is -2.23. The van der Waals surface area contributed by atoms with Crippen LogP contribution in [-0.2, 0) is 4.79 Å². The standard InChI is InChI=1S/C14H16FNO3/c1-8-3-6-11(12(15)7-8)13(17)16(10-4-5-10)9(2)14(18)19/h3,6-7,9-10H,4-5H2,1-2H3,(H,18,19). The van der Waals surface area contributed by atoms with Gasteiger partial charge in [0.1, 0.15) is 11.9 Å². The minimum atomic E-state index is -1.08. The lowest BCUT2D eigenvalue weighted by Crippen LogP contribution is -2.45. The molecule has 1 aromatic carbocycles. The second-order valence-electron chi connectivity index (χ2n) is 4.94. The van der Waals surface area contributed by atoms with Crippen LogP contribution in [-0.4, -0.2) is 34.0 Å². The summed E-state index contributed by atoms with van der Waals surface area (Å²) in [6, 6.07) is 3.31. The van der Waals surface area contributed by atoms with Gasteiger partial charge in [0, 0.05) is 6.04 Å². The molecule has 1 N–H and O–H groups in total. The van der Waals surface area contributed by atoms with Crippen molar-refractivity contribution in [1.82, 2.24) is 4.90 Å². The fraction of sp³-hybridized carbons (Fsp3) is 0.429. The third-order valence-corrected chi connectivity index (χ3v) is 3.30. The van der Waals surface area contributed by atoms with Crippen molar-refractivity contribution in [2.45, 2.75) is 38.8 Å². The van der Waals surface area contributed by atoms with E-state index in [0.29, 0.717) is 0 Å². The maximum absolute atomic E-state index is 13.8. The first-order valence-electron chi connectivity index (χ1n) is 6.23. The van der Waals surface area contributed by atoms with Gasteiger partial charge in [0.05, 0.1) is 5.56 Å². The summed E-state index contributed by atoms with van der Waals surface area (Å²) in [5.41, 5.74) is 0.656. The van der Waals surface area contributed by atoms with E-state index in [2.05, 4.69) is 0 Å². The van der Waals surface area contributed by atoms with Crippen molar-refractivity contribution in [2.24, 2.45) is 0 Å². The van der Waals surface area contributed by atoms with E-state index < -0.39 is 23.7 Å². The van der Waals surface area contributed by atoms with Crippen molar-refractivity contribution < 1.29 is 19.1 Å².